The van der Waals surface area contributed by atoms with Gasteiger partial charge >= 0.3 is 0 Å². The van der Waals surface area contributed by atoms with Crippen molar-refractivity contribution >= 4 is 37.5 Å². The molecule has 0 fully saturated rings. The van der Waals surface area contributed by atoms with Crippen molar-refractivity contribution in [1.82, 2.24) is 8.87 Å². The van der Waals surface area contributed by atoms with E-state index >= 15 is 0 Å². The minimum Gasteiger partial charge on any atom is -0.495 e. The lowest BCUT2D eigenvalue weighted by molar-refractivity contribution is 0.0997. The van der Waals surface area contributed by atoms with Gasteiger partial charge in [-0.05, 0) is 36.4 Å². The van der Waals surface area contributed by atoms with Gasteiger partial charge in [-0.3, -0.25) is 4.79 Å². The summed E-state index contributed by atoms with van der Waals surface area (Å²) in [5, 5.41) is 0. The van der Waals surface area contributed by atoms with Crippen LogP contribution >= 0.6 is 11.3 Å². The van der Waals surface area contributed by atoms with E-state index in [1.165, 1.54) is 52.1 Å². The molecule has 2 aromatic carbocycles. The number of amides is 1. The molecular weight excluding hydrogens is 458 g/mol. The fourth-order valence-electron chi connectivity index (χ4n) is 3.21. The summed E-state index contributed by atoms with van der Waals surface area (Å²) in [6.45, 7) is 7.70. The molecular formula is C24H23N3O4S2. The molecule has 0 spiro atoms. The van der Waals surface area contributed by atoms with Gasteiger partial charge in [-0.25, -0.2) is 8.42 Å². The van der Waals surface area contributed by atoms with E-state index in [2.05, 4.69) is 24.1 Å². The van der Waals surface area contributed by atoms with Crippen molar-refractivity contribution in [2.24, 2.45) is 4.99 Å². The van der Waals surface area contributed by atoms with E-state index in [4.69, 9.17) is 11.2 Å². The van der Waals surface area contributed by atoms with Crippen LogP contribution in [0.1, 0.15) is 10.4 Å². The Balaban J connectivity index is 2.00. The molecule has 3 aromatic rings. The van der Waals surface area contributed by atoms with Crippen LogP contribution in [0.2, 0.25) is 0 Å². The standard InChI is InChI=1S/C24H23N3O4S2/c1-5-15-26(16-6-2)33(29,30)19-13-11-18(12-14-19)23(28)25-24-27(17-7-3)22-20(31-4)9-8-10-21(22)32-24/h3,5-6,8-14H,1-2,15-17H2,4H3. The molecule has 1 amide bonds. The van der Waals surface area contributed by atoms with Crippen molar-refractivity contribution in [2.75, 3.05) is 20.2 Å². The molecule has 1 heterocycles. The second kappa shape index (κ2) is 10.4. The second-order valence-electron chi connectivity index (χ2n) is 6.82. The molecule has 0 unspecified atom stereocenters. The van der Waals surface area contributed by atoms with Crippen molar-refractivity contribution in [3.63, 3.8) is 0 Å². The SMILES string of the molecule is C#CCn1c(=NC(=O)c2ccc(S(=O)(=O)N(CC=C)CC=C)cc2)sc2cccc(OC)c21. The molecule has 0 N–H and O–H groups in total. The Bertz CT molecular complexity index is 1400. The molecule has 33 heavy (non-hydrogen) atoms. The number of sulfonamides is 1. The van der Waals surface area contributed by atoms with Crippen LogP contribution in [0.4, 0.5) is 0 Å². The lowest BCUT2D eigenvalue weighted by Gasteiger charge is -2.19. The Labute approximate surface area is 197 Å². The highest BCUT2D eigenvalue weighted by molar-refractivity contribution is 7.89. The fourth-order valence-corrected chi connectivity index (χ4v) is 5.64. The van der Waals surface area contributed by atoms with E-state index in [0.29, 0.717) is 10.6 Å². The summed E-state index contributed by atoms with van der Waals surface area (Å²) >= 11 is 1.32. The molecule has 9 heteroatoms. The van der Waals surface area contributed by atoms with Crippen LogP contribution in [0.25, 0.3) is 10.2 Å². The number of rotatable bonds is 9. The normalized spacial score (nSPS) is 12.0. The molecule has 0 saturated carbocycles. The van der Waals surface area contributed by atoms with Gasteiger partial charge in [-0.2, -0.15) is 9.30 Å². The number of methoxy groups -OCH3 is 1. The van der Waals surface area contributed by atoms with Gasteiger partial charge in [0, 0.05) is 18.7 Å². The third-order valence-corrected chi connectivity index (χ3v) is 7.62. The number of fused-ring (bicyclic) bond motifs is 1. The zero-order valence-corrected chi connectivity index (χ0v) is 19.7. The first-order chi connectivity index (χ1) is 15.9. The van der Waals surface area contributed by atoms with Crippen molar-refractivity contribution in [1.29, 1.82) is 0 Å². The van der Waals surface area contributed by atoms with Gasteiger partial charge in [0.2, 0.25) is 10.0 Å². The Hall–Kier alpha value is -3.45. The van der Waals surface area contributed by atoms with Gasteiger partial charge in [-0.15, -0.1) is 19.6 Å². The van der Waals surface area contributed by atoms with Crippen LogP contribution in [0.5, 0.6) is 5.75 Å². The number of ether oxygens (including phenoxy) is 1. The molecule has 7 nitrogen and oxygen atoms in total. The Morgan fingerprint density at radius 1 is 1.21 bits per heavy atom. The highest BCUT2D eigenvalue weighted by Crippen LogP contribution is 2.27. The summed E-state index contributed by atoms with van der Waals surface area (Å²) in [5.74, 6) is 2.70. The first-order valence-corrected chi connectivity index (χ1v) is 12.1. The van der Waals surface area contributed by atoms with Crippen LogP contribution in [0, 0.1) is 12.3 Å². The Morgan fingerprint density at radius 2 is 1.88 bits per heavy atom. The van der Waals surface area contributed by atoms with Crippen molar-refractivity contribution < 1.29 is 17.9 Å². The van der Waals surface area contributed by atoms with Gasteiger partial charge < -0.3 is 9.30 Å². The van der Waals surface area contributed by atoms with E-state index in [9.17, 15) is 13.2 Å². The largest absolute Gasteiger partial charge is 0.495 e. The zero-order chi connectivity index (χ0) is 24.0. The van der Waals surface area contributed by atoms with Gasteiger partial charge in [0.05, 0.1) is 23.2 Å². The molecule has 0 aliphatic carbocycles. The minimum absolute atomic E-state index is 0.0664. The number of carbonyl (C=O) groups is 1. The molecule has 3 rings (SSSR count). The predicted molar refractivity (Wildman–Crippen MR) is 131 cm³/mol. The summed E-state index contributed by atoms with van der Waals surface area (Å²) in [5.41, 5.74) is 1.02. The zero-order valence-electron chi connectivity index (χ0n) is 18.1. The van der Waals surface area contributed by atoms with E-state index < -0.39 is 15.9 Å². The highest BCUT2D eigenvalue weighted by Gasteiger charge is 2.22. The van der Waals surface area contributed by atoms with E-state index in [1.54, 1.807) is 11.7 Å². The lowest BCUT2D eigenvalue weighted by Crippen LogP contribution is -2.31. The van der Waals surface area contributed by atoms with Crippen LogP contribution in [-0.4, -0.2) is 43.4 Å². The van der Waals surface area contributed by atoms with Gasteiger partial charge in [0.15, 0.2) is 4.80 Å². The number of terminal acetylenes is 1. The van der Waals surface area contributed by atoms with Crippen LogP contribution in [-0.2, 0) is 16.6 Å². The summed E-state index contributed by atoms with van der Waals surface area (Å²) < 4.78 is 35.0. The first kappa shape index (κ1) is 24.2. The topological polar surface area (TPSA) is 81.0 Å². The molecule has 0 bridgehead atoms. The van der Waals surface area contributed by atoms with Gasteiger partial charge in [0.25, 0.3) is 5.91 Å². The quantitative estimate of drug-likeness (QED) is 0.346. The van der Waals surface area contributed by atoms with Crippen molar-refractivity contribution in [3.8, 4) is 18.1 Å². The first-order valence-electron chi connectivity index (χ1n) is 9.88. The molecule has 0 atom stereocenters. The minimum atomic E-state index is -3.75. The predicted octanol–water partition coefficient (Wildman–Crippen LogP) is 3.45. The Kier molecular flexibility index (Phi) is 7.66. The maximum absolute atomic E-state index is 12.9. The maximum Gasteiger partial charge on any atom is 0.279 e. The number of para-hydroxylation sites is 1. The lowest BCUT2D eigenvalue weighted by atomic mass is 10.2. The van der Waals surface area contributed by atoms with Crippen LogP contribution in [0.3, 0.4) is 0 Å². The van der Waals surface area contributed by atoms with Gasteiger partial charge in [-0.1, -0.05) is 35.5 Å². The number of aromatic nitrogens is 1. The van der Waals surface area contributed by atoms with Crippen LogP contribution < -0.4 is 9.54 Å². The molecule has 0 radical (unpaired) electrons. The average molecular weight is 482 g/mol. The van der Waals surface area contributed by atoms with Crippen molar-refractivity contribution in [2.45, 2.75) is 11.4 Å². The molecule has 0 saturated heterocycles. The number of hydrogen-bond acceptors (Lipinski definition) is 5. The summed E-state index contributed by atoms with van der Waals surface area (Å²) in [4.78, 5) is 17.6. The molecule has 170 valence electrons. The molecule has 0 aliphatic rings. The second-order valence-corrected chi connectivity index (χ2v) is 9.77. The third kappa shape index (κ3) is 4.98. The molecule has 0 aliphatic heterocycles. The van der Waals surface area contributed by atoms with E-state index in [-0.39, 0.29) is 30.1 Å². The van der Waals surface area contributed by atoms with Crippen LogP contribution in [0.15, 0.2) is 77.7 Å². The highest BCUT2D eigenvalue weighted by atomic mass is 32.2. The fraction of sp³-hybridized carbons (Fsp3) is 0.167. The maximum atomic E-state index is 12.9. The summed E-state index contributed by atoms with van der Waals surface area (Å²) in [7, 11) is -2.19. The number of benzene rings is 2. The average Bonchev–Trinajstić information content (AvgIpc) is 3.16. The summed E-state index contributed by atoms with van der Waals surface area (Å²) in [6.07, 6.45) is 8.54. The third-order valence-electron chi connectivity index (χ3n) is 4.74. The number of nitrogens with zero attached hydrogens (tertiary/aromatic N) is 3. The Morgan fingerprint density at radius 3 is 2.45 bits per heavy atom. The summed E-state index contributed by atoms with van der Waals surface area (Å²) in [6, 6.07) is 11.2. The number of thiazole rings is 1. The van der Waals surface area contributed by atoms with E-state index in [0.717, 1.165) is 10.2 Å². The molecule has 1 aromatic heterocycles. The smallest absolute Gasteiger partial charge is 0.279 e. The monoisotopic (exact) mass is 481 g/mol. The number of carbonyl (C=O) groups excluding carboxylic acids is 1. The van der Waals surface area contributed by atoms with E-state index in [1.807, 2.05) is 18.2 Å². The van der Waals surface area contributed by atoms with Gasteiger partial charge in [0.1, 0.15) is 11.3 Å². The van der Waals surface area contributed by atoms with Crippen molar-refractivity contribution in [3.05, 3.63) is 78.1 Å². The number of hydrogen-bond donors (Lipinski definition) is 0.